The molecule has 4 rings (SSSR count). The van der Waals surface area contributed by atoms with E-state index >= 15 is 0 Å². The highest BCUT2D eigenvalue weighted by atomic mass is 16.3. The van der Waals surface area contributed by atoms with Crippen LogP contribution in [0.5, 0.6) is 0 Å². The van der Waals surface area contributed by atoms with Crippen LogP contribution in [0.4, 0.5) is 0 Å². The van der Waals surface area contributed by atoms with Gasteiger partial charge in [0.15, 0.2) is 0 Å². The Morgan fingerprint density at radius 3 is 2.56 bits per heavy atom. The normalized spacial score (nSPS) is 12.6. The van der Waals surface area contributed by atoms with Crippen molar-refractivity contribution in [3.63, 3.8) is 0 Å². The first kappa shape index (κ1) is 15.7. The summed E-state index contributed by atoms with van der Waals surface area (Å²) in [5.74, 6) is 0.925. The quantitative estimate of drug-likeness (QED) is 0.591. The lowest BCUT2D eigenvalue weighted by atomic mass is 10.0. The van der Waals surface area contributed by atoms with Gasteiger partial charge in [-0.15, -0.1) is 0 Å². The predicted octanol–water partition coefficient (Wildman–Crippen LogP) is 4.35. The lowest BCUT2D eigenvalue weighted by molar-refractivity contribution is 0.468. The number of aryl methyl sites for hydroxylation is 2. The van der Waals surface area contributed by atoms with E-state index in [2.05, 4.69) is 53.0 Å². The van der Waals surface area contributed by atoms with Crippen molar-refractivity contribution in [2.45, 2.75) is 19.5 Å². The molecular formula is C21H21N3O. The minimum atomic E-state index is -0.00629. The standard InChI is InChI=1S/C21H21N3O/c1-15-18(14-24(2)23-15)13-22-21(16-8-4-3-5-9-16)20-12-17-10-6-7-11-19(17)25-20/h3-12,14,21-22H,13H2,1-2H3/t21-/m1/s1. The van der Waals surface area contributed by atoms with Crippen molar-refractivity contribution in [2.24, 2.45) is 7.05 Å². The molecule has 25 heavy (non-hydrogen) atoms. The van der Waals surface area contributed by atoms with Gasteiger partial charge in [0.2, 0.25) is 0 Å². The van der Waals surface area contributed by atoms with Crippen LogP contribution in [0.3, 0.4) is 0 Å². The van der Waals surface area contributed by atoms with Gasteiger partial charge in [0, 0.05) is 30.7 Å². The first-order chi connectivity index (χ1) is 12.2. The van der Waals surface area contributed by atoms with E-state index in [1.54, 1.807) is 0 Å². The van der Waals surface area contributed by atoms with E-state index in [9.17, 15) is 0 Å². The fraction of sp³-hybridized carbons (Fsp3) is 0.190. The van der Waals surface area contributed by atoms with Gasteiger partial charge < -0.3 is 4.42 Å². The number of benzene rings is 2. The number of rotatable bonds is 5. The minimum absolute atomic E-state index is 0.00629. The van der Waals surface area contributed by atoms with Crippen LogP contribution in [0, 0.1) is 6.92 Å². The fourth-order valence-corrected chi connectivity index (χ4v) is 3.21. The van der Waals surface area contributed by atoms with Crippen molar-refractivity contribution in [1.29, 1.82) is 0 Å². The number of nitrogens with one attached hydrogen (secondary N) is 1. The number of hydrogen-bond donors (Lipinski definition) is 1. The highest BCUT2D eigenvalue weighted by molar-refractivity contribution is 5.78. The van der Waals surface area contributed by atoms with E-state index in [4.69, 9.17) is 4.42 Å². The summed E-state index contributed by atoms with van der Waals surface area (Å²) in [5.41, 5.74) is 4.34. The van der Waals surface area contributed by atoms with Crippen molar-refractivity contribution in [3.05, 3.63) is 89.4 Å². The Kier molecular flexibility index (Phi) is 4.12. The molecule has 1 N–H and O–H groups in total. The molecule has 0 aliphatic heterocycles. The summed E-state index contributed by atoms with van der Waals surface area (Å²) >= 11 is 0. The van der Waals surface area contributed by atoms with Gasteiger partial charge in [-0.1, -0.05) is 48.5 Å². The molecule has 126 valence electrons. The van der Waals surface area contributed by atoms with Gasteiger partial charge in [0.25, 0.3) is 0 Å². The highest BCUT2D eigenvalue weighted by Gasteiger charge is 2.18. The number of para-hydroxylation sites is 1. The molecule has 0 aliphatic carbocycles. The molecule has 2 aromatic carbocycles. The van der Waals surface area contributed by atoms with Gasteiger partial charge in [-0.05, 0) is 24.6 Å². The van der Waals surface area contributed by atoms with Crippen molar-refractivity contribution < 1.29 is 4.42 Å². The molecule has 4 heteroatoms. The first-order valence-electron chi connectivity index (χ1n) is 8.46. The maximum Gasteiger partial charge on any atom is 0.134 e. The Morgan fingerprint density at radius 1 is 1.08 bits per heavy atom. The zero-order valence-corrected chi connectivity index (χ0v) is 14.4. The van der Waals surface area contributed by atoms with E-state index in [1.807, 2.05) is 42.9 Å². The van der Waals surface area contributed by atoms with Crippen molar-refractivity contribution in [2.75, 3.05) is 0 Å². The highest BCUT2D eigenvalue weighted by Crippen LogP contribution is 2.28. The number of hydrogen-bond acceptors (Lipinski definition) is 3. The Labute approximate surface area is 147 Å². The SMILES string of the molecule is Cc1nn(C)cc1CN[C@H](c1ccccc1)c1cc2ccccc2o1. The second-order valence-corrected chi connectivity index (χ2v) is 6.32. The molecule has 0 unspecified atom stereocenters. The second-order valence-electron chi connectivity index (χ2n) is 6.32. The molecule has 2 heterocycles. The topological polar surface area (TPSA) is 43.0 Å². The van der Waals surface area contributed by atoms with Crippen LogP contribution >= 0.6 is 0 Å². The van der Waals surface area contributed by atoms with E-state index in [0.717, 1.165) is 29.0 Å². The Hall–Kier alpha value is -2.85. The predicted molar refractivity (Wildman–Crippen MR) is 99.3 cm³/mol. The average Bonchev–Trinajstić information content (AvgIpc) is 3.18. The first-order valence-corrected chi connectivity index (χ1v) is 8.46. The lowest BCUT2D eigenvalue weighted by Gasteiger charge is -2.17. The number of furan rings is 1. The largest absolute Gasteiger partial charge is 0.459 e. The van der Waals surface area contributed by atoms with Crippen LogP contribution in [0.2, 0.25) is 0 Å². The molecule has 4 nitrogen and oxygen atoms in total. The maximum absolute atomic E-state index is 6.13. The third kappa shape index (κ3) is 3.21. The summed E-state index contributed by atoms with van der Waals surface area (Å²) in [6.07, 6.45) is 2.06. The average molecular weight is 331 g/mol. The van der Waals surface area contributed by atoms with Gasteiger partial charge in [-0.3, -0.25) is 10.00 Å². The lowest BCUT2D eigenvalue weighted by Crippen LogP contribution is -2.21. The molecule has 4 aromatic rings. The van der Waals surface area contributed by atoms with E-state index in [-0.39, 0.29) is 6.04 Å². The molecule has 0 saturated heterocycles. The van der Waals surface area contributed by atoms with Gasteiger partial charge in [-0.25, -0.2) is 0 Å². The van der Waals surface area contributed by atoms with Crippen LogP contribution in [-0.4, -0.2) is 9.78 Å². The van der Waals surface area contributed by atoms with Gasteiger partial charge in [0.1, 0.15) is 11.3 Å². The molecule has 0 radical (unpaired) electrons. The number of fused-ring (bicyclic) bond motifs is 1. The molecule has 1 atom stereocenters. The Balaban J connectivity index is 1.68. The third-order valence-electron chi connectivity index (χ3n) is 4.47. The molecule has 0 spiro atoms. The van der Waals surface area contributed by atoms with Crippen LogP contribution in [0.1, 0.15) is 28.6 Å². The molecule has 0 amide bonds. The summed E-state index contributed by atoms with van der Waals surface area (Å²) in [6, 6.07) is 20.6. The van der Waals surface area contributed by atoms with Crippen LogP contribution in [-0.2, 0) is 13.6 Å². The Morgan fingerprint density at radius 2 is 1.84 bits per heavy atom. The van der Waals surface area contributed by atoms with Gasteiger partial charge in [-0.2, -0.15) is 5.10 Å². The maximum atomic E-state index is 6.13. The van der Waals surface area contributed by atoms with E-state index in [1.165, 1.54) is 11.1 Å². The molecule has 2 aromatic heterocycles. The van der Waals surface area contributed by atoms with Crippen molar-refractivity contribution >= 4 is 11.0 Å². The molecule has 0 bridgehead atoms. The van der Waals surface area contributed by atoms with Crippen molar-refractivity contribution in [3.8, 4) is 0 Å². The molecule has 0 aliphatic rings. The summed E-state index contributed by atoms with van der Waals surface area (Å²) < 4.78 is 7.98. The molecule has 0 saturated carbocycles. The number of nitrogens with zero attached hydrogens (tertiary/aromatic N) is 2. The van der Waals surface area contributed by atoms with E-state index in [0.29, 0.717) is 0 Å². The zero-order chi connectivity index (χ0) is 17.2. The fourth-order valence-electron chi connectivity index (χ4n) is 3.21. The van der Waals surface area contributed by atoms with Crippen LogP contribution in [0.25, 0.3) is 11.0 Å². The van der Waals surface area contributed by atoms with Crippen molar-refractivity contribution in [1.82, 2.24) is 15.1 Å². The van der Waals surface area contributed by atoms with Gasteiger partial charge in [0.05, 0.1) is 11.7 Å². The second kappa shape index (κ2) is 6.57. The summed E-state index contributed by atoms with van der Waals surface area (Å²) in [4.78, 5) is 0. The van der Waals surface area contributed by atoms with Crippen LogP contribution in [0.15, 0.2) is 71.3 Å². The Bertz CT molecular complexity index is 952. The molecule has 0 fully saturated rings. The third-order valence-corrected chi connectivity index (χ3v) is 4.47. The minimum Gasteiger partial charge on any atom is -0.459 e. The monoisotopic (exact) mass is 331 g/mol. The zero-order valence-electron chi connectivity index (χ0n) is 14.4. The molecular weight excluding hydrogens is 310 g/mol. The van der Waals surface area contributed by atoms with Crippen LogP contribution < -0.4 is 5.32 Å². The summed E-state index contributed by atoms with van der Waals surface area (Å²) in [6.45, 7) is 2.77. The summed E-state index contributed by atoms with van der Waals surface area (Å²) in [5, 5.41) is 9.18. The number of aromatic nitrogens is 2. The smallest absolute Gasteiger partial charge is 0.134 e. The van der Waals surface area contributed by atoms with Gasteiger partial charge >= 0.3 is 0 Å². The summed E-state index contributed by atoms with van der Waals surface area (Å²) in [7, 11) is 1.95. The van der Waals surface area contributed by atoms with E-state index < -0.39 is 0 Å².